The fourth-order valence-corrected chi connectivity index (χ4v) is 2.45. The summed E-state index contributed by atoms with van der Waals surface area (Å²) in [7, 11) is -0.190. The molecule has 2 aromatic heterocycles. The van der Waals surface area contributed by atoms with Crippen molar-refractivity contribution < 1.29 is 23.1 Å². The molecule has 0 aliphatic carbocycles. The standard InChI is InChI=1S/C12H11Cl2N2O5P/c1-18-11-7(3-5-9(13)15-11)20-22(17)21-8-4-6-10(14)16-12(8)19-2/h3-6,22H,1-2H3. The van der Waals surface area contributed by atoms with Crippen LogP contribution in [-0.4, -0.2) is 24.2 Å². The molecule has 0 spiro atoms. The van der Waals surface area contributed by atoms with Crippen molar-refractivity contribution in [3.63, 3.8) is 0 Å². The van der Waals surface area contributed by atoms with Crippen LogP contribution in [0.25, 0.3) is 0 Å². The maximum Gasteiger partial charge on any atom is 0.419 e. The van der Waals surface area contributed by atoms with E-state index in [1.807, 2.05) is 0 Å². The summed E-state index contributed by atoms with van der Waals surface area (Å²) in [5.41, 5.74) is 0. The van der Waals surface area contributed by atoms with E-state index in [1.165, 1.54) is 38.5 Å². The molecule has 0 aromatic carbocycles. The predicted molar refractivity (Wildman–Crippen MR) is 81.9 cm³/mol. The summed E-state index contributed by atoms with van der Waals surface area (Å²) in [6.45, 7) is 0. The minimum absolute atomic E-state index is 0.0932. The molecule has 7 nitrogen and oxygen atoms in total. The number of hydrogen-bond donors (Lipinski definition) is 0. The number of halogens is 2. The van der Waals surface area contributed by atoms with Crippen LogP contribution in [0.4, 0.5) is 0 Å². The van der Waals surface area contributed by atoms with Gasteiger partial charge in [0.05, 0.1) is 14.2 Å². The van der Waals surface area contributed by atoms with Crippen LogP contribution in [0, 0.1) is 0 Å². The Morgan fingerprint density at radius 2 is 1.27 bits per heavy atom. The first-order valence-electron chi connectivity index (χ1n) is 5.84. The molecule has 118 valence electrons. The van der Waals surface area contributed by atoms with Crippen molar-refractivity contribution in [2.45, 2.75) is 0 Å². The molecule has 0 aliphatic heterocycles. The van der Waals surface area contributed by atoms with Gasteiger partial charge in [-0.25, -0.2) is 4.57 Å². The first-order valence-corrected chi connectivity index (χ1v) is 7.82. The predicted octanol–water partition coefficient (Wildman–Crippen LogP) is 3.65. The van der Waals surface area contributed by atoms with Crippen LogP contribution >= 0.6 is 31.5 Å². The highest BCUT2D eigenvalue weighted by molar-refractivity contribution is 7.34. The van der Waals surface area contributed by atoms with Gasteiger partial charge in [-0.1, -0.05) is 23.2 Å². The molecule has 0 atom stereocenters. The Bertz CT molecular complexity index is 644. The Morgan fingerprint density at radius 1 is 0.864 bits per heavy atom. The lowest BCUT2D eigenvalue weighted by atomic mass is 10.4. The molecule has 2 heterocycles. The molecule has 0 aliphatic rings. The van der Waals surface area contributed by atoms with Crippen molar-refractivity contribution in [3.05, 3.63) is 34.6 Å². The number of rotatable bonds is 6. The second-order valence-corrected chi connectivity index (χ2v) is 5.42. The van der Waals surface area contributed by atoms with E-state index < -0.39 is 8.25 Å². The zero-order valence-corrected chi connectivity index (χ0v) is 14.0. The third kappa shape index (κ3) is 4.16. The summed E-state index contributed by atoms with van der Waals surface area (Å²) in [5, 5.41) is 0.432. The molecule has 0 saturated heterocycles. The molecule has 0 unspecified atom stereocenters. The van der Waals surface area contributed by atoms with Crippen molar-refractivity contribution in [1.82, 2.24) is 9.97 Å². The number of ether oxygens (including phenoxy) is 2. The lowest BCUT2D eigenvalue weighted by Gasteiger charge is -2.12. The maximum atomic E-state index is 12.0. The van der Waals surface area contributed by atoms with E-state index in [4.69, 9.17) is 41.7 Å². The first-order chi connectivity index (χ1) is 10.5. The van der Waals surface area contributed by atoms with Gasteiger partial charge in [0, 0.05) is 0 Å². The van der Waals surface area contributed by atoms with E-state index in [2.05, 4.69) is 9.97 Å². The SMILES string of the molecule is COc1nc(Cl)ccc1O[PH](=O)Oc1ccc(Cl)nc1OC. The molecule has 0 saturated carbocycles. The van der Waals surface area contributed by atoms with E-state index in [-0.39, 0.29) is 33.6 Å². The van der Waals surface area contributed by atoms with Gasteiger partial charge in [-0.2, -0.15) is 9.97 Å². The lowest BCUT2D eigenvalue weighted by molar-refractivity contribution is 0.350. The Hall–Kier alpha value is -1.69. The molecule has 0 bridgehead atoms. The average Bonchev–Trinajstić information content (AvgIpc) is 2.50. The quantitative estimate of drug-likeness (QED) is 0.571. The minimum Gasteiger partial charge on any atom is -0.478 e. The van der Waals surface area contributed by atoms with Crippen LogP contribution in [0.1, 0.15) is 0 Å². The molecule has 22 heavy (non-hydrogen) atoms. The van der Waals surface area contributed by atoms with Gasteiger partial charge in [0.25, 0.3) is 11.8 Å². The van der Waals surface area contributed by atoms with Gasteiger partial charge in [-0.3, -0.25) is 0 Å². The summed E-state index contributed by atoms with van der Waals surface area (Å²) in [4.78, 5) is 7.77. The second kappa shape index (κ2) is 7.54. The highest BCUT2D eigenvalue weighted by atomic mass is 35.5. The summed E-state index contributed by atoms with van der Waals surface area (Å²) < 4.78 is 32.3. The molecule has 10 heteroatoms. The van der Waals surface area contributed by atoms with E-state index >= 15 is 0 Å². The molecular weight excluding hydrogens is 354 g/mol. The van der Waals surface area contributed by atoms with Crippen LogP contribution in [-0.2, 0) is 4.57 Å². The molecular formula is C12H11Cl2N2O5P. The van der Waals surface area contributed by atoms with Crippen LogP contribution in [0.5, 0.6) is 23.3 Å². The zero-order valence-electron chi connectivity index (χ0n) is 11.5. The number of aromatic nitrogens is 2. The molecule has 2 aromatic rings. The van der Waals surface area contributed by atoms with E-state index in [9.17, 15) is 4.57 Å². The number of nitrogens with zero attached hydrogens (tertiary/aromatic N) is 2. The number of hydrogen-bond acceptors (Lipinski definition) is 7. The van der Waals surface area contributed by atoms with E-state index in [1.54, 1.807) is 0 Å². The Kier molecular flexibility index (Phi) is 5.71. The van der Waals surface area contributed by atoms with Crippen molar-refractivity contribution in [2.75, 3.05) is 14.2 Å². The highest BCUT2D eigenvalue weighted by Gasteiger charge is 2.14. The monoisotopic (exact) mass is 364 g/mol. The minimum atomic E-state index is -2.96. The van der Waals surface area contributed by atoms with Gasteiger partial charge in [0.2, 0.25) is 0 Å². The van der Waals surface area contributed by atoms with Crippen LogP contribution in [0.3, 0.4) is 0 Å². The van der Waals surface area contributed by atoms with Crippen molar-refractivity contribution in [1.29, 1.82) is 0 Å². The van der Waals surface area contributed by atoms with Crippen molar-refractivity contribution >= 4 is 31.5 Å². The van der Waals surface area contributed by atoms with E-state index in [0.29, 0.717) is 0 Å². The number of pyridine rings is 2. The van der Waals surface area contributed by atoms with Gasteiger partial charge in [0.15, 0.2) is 11.5 Å². The molecule has 2 rings (SSSR count). The maximum absolute atomic E-state index is 12.0. The summed E-state index contributed by atoms with van der Waals surface area (Å²) >= 11 is 11.5. The lowest BCUT2D eigenvalue weighted by Crippen LogP contribution is -1.97. The van der Waals surface area contributed by atoms with Gasteiger partial charge in [0.1, 0.15) is 10.3 Å². The third-order valence-electron chi connectivity index (χ3n) is 2.36. The summed E-state index contributed by atoms with van der Waals surface area (Å²) in [6, 6.07) is 5.88. The van der Waals surface area contributed by atoms with Crippen molar-refractivity contribution in [3.8, 4) is 23.3 Å². The van der Waals surface area contributed by atoms with Crippen LogP contribution in [0.2, 0.25) is 10.3 Å². The summed E-state index contributed by atoms with van der Waals surface area (Å²) in [5.74, 6) is 0.458. The van der Waals surface area contributed by atoms with Gasteiger partial charge in [-0.05, 0) is 24.3 Å². The first kappa shape index (κ1) is 16.7. The normalized spacial score (nSPS) is 10.4. The zero-order chi connectivity index (χ0) is 16.1. The summed E-state index contributed by atoms with van der Waals surface area (Å²) in [6.07, 6.45) is 0. The largest absolute Gasteiger partial charge is 0.478 e. The van der Waals surface area contributed by atoms with Gasteiger partial charge >= 0.3 is 8.25 Å². The van der Waals surface area contributed by atoms with Crippen LogP contribution in [0.15, 0.2) is 24.3 Å². The molecule has 0 N–H and O–H groups in total. The second-order valence-electron chi connectivity index (χ2n) is 3.74. The fraction of sp³-hybridized carbons (Fsp3) is 0.167. The topological polar surface area (TPSA) is 79.8 Å². The Balaban J connectivity index is 2.14. The smallest absolute Gasteiger partial charge is 0.419 e. The molecule has 0 fully saturated rings. The van der Waals surface area contributed by atoms with Gasteiger partial charge in [-0.15, -0.1) is 0 Å². The number of methoxy groups -OCH3 is 2. The van der Waals surface area contributed by atoms with Crippen LogP contribution < -0.4 is 18.5 Å². The Morgan fingerprint density at radius 3 is 1.64 bits per heavy atom. The molecule has 0 radical (unpaired) electrons. The highest BCUT2D eigenvalue weighted by Crippen LogP contribution is 2.38. The van der Waals surface area contributed by atoms with E-state index in [0.717, 1.165) is 0 Å². The molecule has 0 amide bonds. The van der Waals surface area contributed by atoms with Crippen molar-refractivity contribution in [2.24, 2.45) is 0 Å². The fourth-order valence-electron chi connectivity index (χ4n) is 1.46. The van der Waals surface area contributed by atoms with Gasteiger partial charge < -0.3 is 18.5 Å². The third-order valence-corrected chi connectivity index (χ3v) is 3.55. The average molecular weight is 365 g/mol. The Labute approximate surface area is 137 Å².